The van der Waals surface area contributed by atoms with Crippen LogP contribution in [0.4, 0.5) is 0 Å². The van der Waals surface area contributed by atoms with Crippen molar-refractivity contribution in [1.82, 2.24) is 0 Å². The molecule has 308 valence electrons. The monoisotopic (exact) mass is 816 g/mol. The fourth-order valence-electron chi connectivity index (χ4n) is 8.55. The Hall–Kier alpha value is 0.684. The third kappa shape index (κ3) is 14.6. The Balaban J connectivity index is 8.52. The van der Waals surface area contributed by atoms with Crippen LogP contribution in [0, 0.1) is 0 Å². The molecule has 0 aliphatic carbocycles. The van der Waals surface area contributed by atoms with Gasteiger partial charge in [-0.15, -0.1) is 0 Å². The molecule has 0 aliphatic heterocycles. The molecule has 0 fully saturated rings. The molecule has 0 aromatic rings. The van der Waals surface area contributed by atoms with Crippen molar-refractivity contribution in [3.8, 4) is 0 Å². The molecular weight excluding hydrogens is 733 g/mol. The fraction of sp³-hybridized carbons (Fsp3) is 1.00. The number of hydrogen-bond donors (Lipinski definition) is 0. The molecule has 0 N–H and O–H groups in total. The predicted molar refractivity (Wildman–Crippen MR) is 222 cm³/mol. The molecule has 15 heteroatoms. The lowest BCUT2D eigenvalue weighted by Crippen LogP contribution is -2.74. The zero-order valence-corrected chi connectivity index (χ0v) is 41.0. The van der Waals surface area contributed by atoms with E-state index in [1.54, 1.807) is 64.0 Å². The summed E-state index contributed by atoms with van der Waals surface area (Å²) in [6.07, 6.45) is 20.5. The second-order valence-electron chi connectivity index (χ2n) is 14.4. The first-order valence-corrected chi connectivity index (χ1v) is 30.7. The molecule has 0 radical (unpaired) electrons. The Morgan fingerprint density at radius 2 is 0.608 bits per heavy atom. The summed E-state index contributed by atoms with van der Waals surface area (Å²) in [5.74, 6) is 0. The minimum Gasteiger partial charge on any atom is -0.424 e. The normalized spacial score (nSPS) is 16.1. The molecule has 0 spiro atoms. The van der Waals surface area contributed by atoms with Gasteiger partial charge in [-0.1, -0.05) is 117 Å². The van der Waals surface area contributed by atoms with E-state index in [1.807, 2.05) is 0 Å². The van der Waals surface area contributed by atoms with Crippen molar-refractivity contribution < 1.29 is 44.3 Å². The van der Waals surface area contributed by atoms with Gasteiger partial charge in [0.2, 0.25) is 0 Å². The van der Waals surface area contributed by atoms with Crippen molar-refractivity contribution in [1.29, 1.82) is 0 Å². The number of unbranched alkanes of at least 4 members (excludes halogenated alkanes) is 12. The van der Waals surface area contributed by atoms with Gasteiger partial charge in [-0.25, -0.2) is 0 Å². The fourth-order valence-corrected chi connectivity index (χ4v) is 38.0. The quantitative estimate of drug-likeness (QED) is 0.0450. The summed E-state index contributed by atoms with van der Waals surface area (Å²) in [6, 6.07) is 0. The van der Waals surface area contributed by atoms with Crippen molar-refractivity contribution in [3.05, 3.63) is 0 Å². The van der Waals surface area contributed by atoms with Crippen LogP contribution in [0.2, 0.25) is 28.6 Å². The molecular formula is C36H84O10Si5. The Morgan fingerprint density at radius 3 is 0.804 bits per heavy atom. The molecule has 3 atom stereocenters. The van der Waals surface area contributed by atoms with Crippen LogP contribution in [0.1, 0.15) is 136 Å². The summed E-state index contributed by atoms with van der Waals surface area (Å²) in [5, 5.41) is -0.249. The largest absolute Gasteiger partial charge is 0.500 e. The van der Waals surface area contributed by atoms with Crippen LogP contribution in [0.3, 0.4) is 0 Å². The van der Waals surface area contributed by atoms with E-state index in [4.69, 9.17) is 44.3 Å². The molecule has 0 aromatic carbocycles. The van der Waals surface area contributed by atoms with Crippen LogP contribution in [0.15, 0.2) is 0 Å². The summed E-state index contributed by atoms with van der Waals surface area (Å²) < 4.78 is 66.6. The maximum absolute atomic E-state index is 7.14. The Labute approximate surface area is 321 Å². The van der Waals surface area contributed by atoms with Gasteiger partial charge < -0.3 is 44.3 Å². The van der Waals surface area contributed by atoms with Gasteiger partial charge in [0.05, 0.1) is 0 Å². The van der Waals surface area contributed by atoms with E-state index in [2.05, 4.69) is 33.9 Å². The van der Waals surface area contributed by atoms with E-state index in [0.717, 1.165) is 57.8 Å². The van der Waals surface area contributed by atoms with Gasteiger partial charge in [0.15, 0.2) is 9.04 Å². The van der Waals surface area contributed by atoms with Crippen molar-refractivity contribution >= 4 is 43.5 Å². The zero-order valence-electron chi connectivity index (χ0n) is 35.8. The summed E-state index contributed by atoms with van der Waals surface area (Å²) in [7, 11) is 0.978. The van der Waals surface area contributed by atoms with Gasteiger partial charge in [-0.2, -0.15) is 0 Å². The molecule has 10 nitrogen and oxygen atoms in total. The van der Waals surface area contributed by atoms with Crippen LogP contribution in [-0.4, -0.2) is 114 Å². The lowest BCUT2D eigenvalue weighted by atomic mass is 10.1. The Kier molecular flexibility index (Phi) is 29.4. The average Bonchev–Trinajstić information content (AvgIpc) is 3.15. The second kappa shape index (κ2) is 29.0. The molecule has 0 amide bonds. The van der Waals surface area contributed by atoms with Crippen LogP contribution in [-0.2, 0) is 44.3 Å². The number of rotatable bonds is 36. The van der Waals surface area contributed by atoms with Crippen molar-refractivity contribution in [2.75, 3.05) is 70.2 Å². The first-order valence-electron chi connectivity index (χ1n) is 20.1. The first kappa shape index (κ1) is 51.7. The molecule has 0 heterocycles. The van der Waals surface area contributed by atoms with E-state index in [0.29, 0.717) is 6.23 Å². The van der Waals surface area contributed by atoms with Crippen LogP contribution in [0.25, 0.3) is 0 Å². The molecule has 0 rings (SSSR count). The zero-order chi connectivity index (χ0) is 38.8. The number of hydrogen-bond acceptors (Lipinski definition) is 10. The summed E-state index contributed by atoms with van der Waals surface area (Å²) in [6.45, 7) is 11.3. The Morgan fingerprint density at radius 1 is 0.373 bits per heavy atom. The van der Waals surface area contributed by atoms with Crippen molar-refractivity contribution in [2.45, 2.75) is 165 Å². The van der Waals surface area contributed by atoms with Crippen LogP contribution < -0.4 is 0 Å². The maximum atomic E-state index is 7.14. The predicted octanol–water partition coefficient (Wildman–Crippen LogP) is 9.42. The minimum absolute atomic E-state index is 0.0830. The Bertz CT molecular complexity index is 701. The van der Waals surface area contributed by atoms with E-state index in [9.17, 15) is 0 Å². The highest BCUT2D eigenvalue weighted by molar-refractivity contribution is 7.06. The maximum Gasteiger partial charge on any atom is 0.500 e. The average molecular weight is 817 g/mol. The van der Waals surface area contributed by atoms with E-state index >= 15 is 0 Å². The SMILES string of the molecule is CCCCCCCC([Si](OC)(OC)OC)[Si](CO[SiH](C)C)(C(CCCCCCC)[Si](OC)(OC)OC)C(CCCCCCC)[Si](OC)(OC)OC. The molecule has 0 saturated heterocycles. The van der Waals surface area contributed by atoms with E-state index in [-0.39, 0.29) is 15.5 Å². The van der Waals surface area contributed by atoms with Crippen LogP contribution >= 0.6 is 0 Å². The summed E-state index contributed by atoms with van der Waals surface area (Å²) >= 11 is 0. The van der Waals surface area contributed by atoms with Gasteiger partial charge in [0.1, 0.15) is 8.07 Å². The molecule has 51 heavy (non-hydrogen) atoms. The topological polar surface area (TPSA) is 92.3 Å². The smallest absolute Gasteiger partial charge is 0.424 e. The lowest BCUT2D eigenvalue weighted by molar-refractivity contribution is 0.105. The lowest BCUT2D eigenvalue weighted by Gasteiger charge is -2.56. The summed E-state index contributed by atoms with van der Waals surface area (Å²) in [5.41, 5.74) is 0. The van der Waals surface area contributed by atoms with Gasteiger partial charge in [-0.05, 0) is 32.4 Å². The highest BCUT2D eigenvalue weighted by Gasteiger charge is 2.74. The molecule has 3 unspecified atom stereocenters. The van der Waals surface area contributed by atoms with Gasteiger partial charge >= 0.3 is 26.4 Å². The third-order valence-electron chi connectivity index (χ3n) is 11.2. The van der Waals surface area contributed by atoms with E-state index in [1.165, 1.54) is 57.8 Å². The van der Waals surface area contributed by atoms with Gasteiger partial charge in [0, 0.05) is 85.7 Å². The second-order valence-corrected chi connectivity index (χ2v) is 32.5. The van der Waals surface area contributed by atoms with Crippen LogP contribution in [0.5, 0.6) is 0 Å². The first-order chi connectivity index (χ1) is 24.5. The van der Waals surface area contributed by atoms with Gasteiger partial charge in [-0.3, -0.25) is 0 Å². The molecule has 0 bridgehead atoms. The van der Waals surface area contributed by atoms with E-state index < -0.39 is 43.5 Å². The highest BCUT2D eigenvalue weighted by atomic mass is 28.5. The van der Waals surface area contributed by atoms with Crippen molar-refractivity contribution in [2.24, 2.45) is 0 Å². The highest BCUT2D eigenvalue weighted by Crippen LogP contribution is 2.58. The van der Waals surface area contributed by atoms with Crippen molar-refractivity contribution in [3.63, 3.8) is 0 Å². The van der Waals surface area contributed by atoms with Gasteiger partial charge in [0.25, 0.3) is 0 Å². The summed E-state index contributed by atoms with van der Waals surface area (Å²) in [4.78, 5) is 0. The third-order valence-corrected chi connectivity index (χ3v) is 34.4. The molecule has 0 saturated carbocycles. The molecule has 0 aromatic heterocycles. The minimum atomic E-state index is -3.39. The molecule has 0 aliphatic rings. The standard InChI is InChI=1S/C36H84O10Si5/c1-15-18-21-24-27-30-34(49(37-4,38-5)39-6)48(33-46-47(13)14,35(31-28-25-22-19-16-2)50(40-7,41-8)42-9)36(32-29-26-23-20-17-3)51(43-10,44-11)45-12/h34-36,47H,15-33H2,1-14H3.